The Morgan fingerprint density at radius 3 is 2.11 bits per heavy atom. The van der Waals surface area contributed by atoms with Crippen molar-refractivity contribution < 1.29 is 0 Å². The number of anilines is 1. The van der Waals surface area contributed by atoms with Crippen LogP contribution in [0.15, 0.2) is 12.4 Å². The maximum Gasteiger partial charge on any atom is 0.225 e. The third-order valence-electron chi connectivity index (χ3n) is 3.52. The molecule has 0 saturated heterocycles. The molecule has 1 aromatic rings. The van der Waals surface area contributed by atoms with E-state index in [0.717, 1.165) is 37.2 Å². The monoisotopic (exact) mass is 250 g/mol. The Morgan fingerprint density at radius 1 is 1.11 bits per heavy atom. The van der Waals surface area contributed by atoms with Crippen LogP contribution < -0.4 is 10.6 Å². The molecule has 1 atom stereocenters. The molecule has 0 bridgehead atoms. The van der Waals surface area contributed by atoms with Gasteiger partial charge in [-0.05, 0) is 31.2 Å². The molecule has 0 aromatic carbocycles. The Morgan fingerprint density at radius 2 is 1.67 bits per heavy atom. The van der Waals surface area contributed by atoms with Crippen molar-refractivity contribution >= 4 is 5.95 Å². The van der Waals surface area contributed by atoms with Gasteiger partial charge in [-0.25, -0.2) is 9.97 Å². The second-order valence-corrected chi connectivity index (χ2v) is 4.84. The van der Waals surface area contributed by atoms with E-state index in [1.54, 1.807) is 0 Å². The minimum absolute atomic E-state index is 0.205. The van der Waals surface area contributed by atoms with Gasteiger partial charge in [0, 0.05) is 31.5 Å². The molecule has 18 heavy (non-hydrogen) atoms. The van der Waals surface area contributed by atoms with Crippen LogP contribution in [0.25, 0.3) is 0 Å². The Labute approximate surface area is 111 Å². The topological polar surface area (TPSA) is 55.0 Å². The third kappa shape index (κ3) is 3.95. The van der Waals surface area contributed by atoms with Gasteiger partial charge in [0.25, 0.3) is 0 Å². The molecular formula is C14H26N4. The van der Waals surface area contributed by atoms with Crippen molar-refractivity contribution in [1.82, 2.24) is 9.97 Å². The highest BCUT2D eigenvalue weighted by molar-refractivity contribution is 5.30. The van der Waals surface area contributed by atoms with E-state index >= 15 is 0 Å². The van der Waals surface area contributed by atoms with E-state index in [0.29, 0.717) is 6.04 Å². The van der Waals surface area contributed by atoms with Gasteiger partial charge in [-0.15, -0.1) is 0 Å². The van der Waals surface area contributed by atoms with Gasteiger partial charge < -0.3 is 10.6 Å². The second kappa shape index (κ2) is 7.31. The summed E-state index contributed by atoms with van der Waals surface area (Å²) in [5.41, 5.74) is 7.04. The molecule has 102 valence electrons. The Balaban J connectivity index is 2.70. The predicted octanol–water partition coefficient (Wildman–Crippen LogP) is 2.38. The van der Waals surface area contributed by atoms with Gasteiger partial charge in [0.2, 0.25) is 5.95 Å². The molecule has 0 saturated carbocycles. The minimum atomic E-state index is 0.205. The van der Waals surface area contributed by atoms with E-state index in [4.69, 9.17) is 5.73 Å². The normalized spacial score (nSPS) is 12.8. The van der Waals surface area contributed by atoms with Gasteiger partial charge in [0.1, 0.15) is 0 Å². The number of hydrogen-bond donors (Lipinski definition) is 1. The van der Waals surface area contributed by atoms with E-state index in [9.17, 15) is 0 Å². The van der Waals surface area contributed by atoms with Crippen LogP contribution in [0.1, 0.15) is 45.6 Å². The zero-order chi connectivity index (χ0) is 13.5. The van der Waals surface area contributed by atoms with Crippen molar-refractivity contribution in [3.8, 4) is 0 Å². The molecule has 0 radical (unpaired) electrons. The third-order valence-corrected chi connectivity index (χ3v) is 3.52. The maximum atomic E-state index is 5.93. The summed E-state index contributed by atoms with van der Waals surface area (Å²) >= 11 is 0. The van der Waals surface area contributed by atoms with E-state index < -0.39 is 0 Å². The van der Waals surface area contributed by atoms with Crippen molar-refractivity contribution in [2.45, 2.75) is 58.5 Å². The zero-order valence-electron chi connectivity index (χ0n) is 12.1. The molecule has 0 aliphatic carbocycles. The molecular weight excluding hydrogens is 224 g/mol. The molecule has 2 N–H and O–H groups in total. The number of hydrogen-bond acceptors (Lipinski definition) is 4. The first-order chi connectivity index (χ1) is 8.62. The maximum absolute atomic E-state index is 5.93. The first-order valence-corrected chi connectivity index (χ1v) is 6.91. The summed E-state index contributed by atoms with van der Waals surface area (Å²) in [4.78, 5) is 11.0. The van der Waals surface area contributed by atoms with Gasteiger partial charge in [-0.3, -0.25) is 0 Å². The van der Waals surface area contributed by atoms with Crippen molar-refractivity contribution in [3.05, 3.63) is 18.0 Å². The Kier molecular flexibility index (Phi) is 6.05. The number of nitrogens with zero attached hydrogens (tertiary/aromatic N) is 3. The van der Waals surface area contributed by atoms with Crippen molar-refractivity contribution in [2.75, 3.05) is 11.9 Å². The molecule has 1 aromatic heterocycles. The number of rotatable bonds is 7. The van der Waals surface area contributed by atoms with E-state index in [2.05, 4.69) is 42.7 Å². The highest BCUT2D eigenvalue weighted by atomic mass is 15.2. The first kappa shape index (κ1) is 14.9. The van der Waals surface area contributed by atoms with Crippen molar-refractivity contribution in [3.63, 3.8) is 0 Å². The SMILES string of the molecule is CCC(N)Cc1cnc(N(C)C(CC)CC)nc1. The van der Waals surface area contributed by atoms with Crippen LogP contribution in [0.4, 0.5) is 5.95 Å². The second-order valence-electron chi connectivity index (χ2n) is 4.84. The molecule has 0 fully saturated rings. The lowest BCUT2D eigenvalue weighted by Gasteiger charge is -2.26. The summed E-state index contributed by atoms with van der Waals surface area (Å²) < 4.78 is 0. The fraction of sp³-hybridized carbons (Fsp3) is 0.714. The van der Waals surface area contributed by atoms with Gasteiger partial charge in [0.15, 0.2) is 0 Å². The summed E-state index contributed by atoms with van der Waals surface area (Å²) in [5, 5.41) is 0. The van der Waals surface area contributed by atoms with E-state index in [1.165, 1.54) is 0 Å². The Bertz CT molecular complexity index is 332. The summed E-state index contributed by atoms with van der Waals surface area (Å²) in [6.07, 6.45) is 7.85. The van der Waals surface area contributed by atoms with Crippen LogP contribution >= 0.6 is 0 Å². The highest BCUT2D eigenvalue weighted by Gasteiger charge is 2.13. The van der Waals surface area contributed by atoms with Crippen LogP contribution in [0.3, 0.4) is 0 Å². The van der Waals surface area contributed by atoms with Crippen LogP contribution in [0.5, 0.6) is 0 Å². The molecule has 1 unspecified atom stereocenters. The average molecular weight is 250 g/mol. The first-order valence-electron chi connectivity index (χ1n) is 6.91. The predicted molar refractivity (Wildman–Crippen MR) is 76.8 cm³/mol. The molecule has 1 rings (SSSR count). The summed E-state index contributed by atoms with van der Waals surface area (Å²) in [5.74, 6) is 0.803. The van der Waals surface area contributed by atoms with Crippen LogP contribution in [0.2, 0.25) is 0 Å². The quantitative estimate of drug-likeness (QED) is 0.807. The fourth-order valence-electron chi connectivity index (χ4n) is 2.08. The Hall–Kier alpha value is -1.16. The molecule has 0 amide bonds. The highest BCUT2D eigenvalue weighted by Crippen LogP contribution is 2.14. The fourth-order valence-corrected chi connectivity index (χ4v) is 2.08. The molecule has 4 heteroatoms. The number of nitrogens with two attached hydrogens (primary N) is 1. The summed E-state index contributed by atoms with van der Waals surface area (Å²) in [6.45, 7) is 6.49. The average Bonchev–Trinajstić information content (AvgIpc) is 2.40. The van der Waals surface area contributed by atoms with Crippen LogP contribution in [-0.2, 0) is 6.42 Å². The molecule has 0 aliphatic heterocycles. The smallest absolute Gasteiger partial charge is 0.225 e. The van der Waals surface area contributed by atoms with Crippen molar-refractivity contribution in [1.29, 1.82) is 0 Å². The van der Waals surface area contributed by atoms with Crippen molar-refractivity contribution in [2.24, 2.45) is 5.73 Å². The van der Waals surface area contributed by atoms with Crippen LogP contribution in [0, 0.1) is 0 Å². The molecule has 4 nitrogen and oxygen atoms in total. The van der Waals surface area contributed by atoms with E-state index in [-0.39, 0.29) is 6.04 Å². The minimum Gasteiger partial charge on any atom is -0.341 e. The zero-order valence-corrected chi connectivity index (χ0v) is 12.1. The molecule has 0 aliphatic rings. The van der Waals surface area contributed by atoms with Gasteiger partial charge >= 0.3 is 0 Å². The summed E-state index contributed by atoms with van der Waals surface area (Å²) in [7, 11) is 2.06. The molecule has 1 heterocycles. The largest absolute Gasteiger partial charge is 0.341 e. The van der Waals surface area contributed by atoms with Gasteiger partial charge in [0.05, 0.1) is 0 Å². The summed E-state index contributed by atoms with van der Waals surface area (Å²) in [6, 6.07) is 0.713. The standard InChI is InChI=1S/C14H26N4/c1-5-12(15)8-11-9-16-14(17-10-11)18(4)13(6-2)7-3/h9-10,12-13H,5-8,15H2,1-4H3. The van der Waals surface area contributed by atoms with Gasteiger partial charge in [-0.2, -0.15) is 0 Å². The van der Waals surface area contributed by atoms with Gasteiger partial charge in [-0.1, -0.05) is 20.8 Å². The molecule has 0 spiro atoms. The lowest BCUT2D eigenvalue weighted by Crippen LogP contribution is -2.31. The lowest BCUT2D eigenvalue weighted by molar-refractivity contribution is 0.580. The lowest BCUT2D eigenvalue weighted by atomic mass is 10.1. The number of aromatic nitrogens is 2. The van der Waals surface area contributed by atoms with E-state index in [1.807, 2.05) is 12.4 Å². The van der Waals surface area contributed by atoms with Crippen LogP contribution in [-0.4, -0.2) is 29.1 Å².